The highest BCUT2D eigenvalue weighted by Crippen LogP contribution is 2.18. The van der Waals surface area contributed by atoms with Crippen LogP contribution in [0.2, 0.25) is 0 Å². The minimum Gasteiger partial charge on any atom is -0.383 e. The lowest BCUT2D eigenvalue weighted by molar-refractivity contribution is -0.138. The molecule has 106 valence electrons. The summed E-state index contributed by atoms with van der Waals surface area (Å²) in [5.74, 6) is 0.106. The van der Waals surface area contributed by atoms with Crippen molar-refractivity contribution in [3.8, 4) is 0 Å². The number of likely N-dealkylation sites (N-methyl/N-ethyl adjacent to an activating group) is 1. The molecule has 2 unspecified atom stereocenters. The van der Waals surface area contributed by atoms with Crippen LogP contribution in [0.5, 0.6) is 0 Å². The van der Waals surface area contributed by atoms with Gasteiger partial charge in [-0.1, -0.05) is 6.92 Å². The normalized spacial score (nSPS) is 23.6. The Bertz CT molecular complexity index is 255. The molecule has 2 atom stereocenters. The van der Waals surface area contributed by atoms with Gasteiger partial charge in [0.1, 0.15) is 0 Å². The van der Waals surface area contributed by atoms with Crippen molar-refractivity contribution in [2.75, 3.05) is 40.0 Å². The summed E-state index contributed by atoms with van der Waals surface area (Å²) >= 11 is 0. The van der Waals surface area contributed by atoms with Crippen molar-refractivity contribution in [2.24, 2.45) is 5.92 Å². The molecule has 0 bridgehead atoms. The Hall–Kier alpha value is -0.650. The van der Waals surface area contributed by atoms with Crippen LogP contribution in [0.4, 0.5) is 0 Å². The van der Waals surface area contributed by atoms with Crippen LogP contribution in [-0.2, 0) is 14.3 Å². The van der Waals surface area contributed by atoms with Gasteiger partial charge in [0.25, 0.3) is 0 Å². The minimum atomic E-state index is -0.0655. The van der Waals surface area contributed by atoms with Gasteiger partial charge in [-0.2, -0.15) is 0 Å². The Morgan fingerprint density at radius 3 is 2.78 bits per heavy atom. The Labute approximate surface area is 110 Å². The number of hydrogen-bond donors (Lipinski definition) is 1. The van der Waals surface area contributed by atoms with Gasteiger partial charge in [0.2, 0.25) is 5.91 Å². The molecule has 1 heterocycles. The van der Waals surface area contributed by atoms with Crippen LogP contribution in [0.3, 0.4) is 0 Å². The van der Waals surface area contributed by atoms with Crippen LogP contribution in [0.15, 0.2) is 0 Å². The van der Waals surface area contributed by atoms with E-state index in [1.807, 2.05) is 25.7 Å². The number of ether oxygens (including phenoxy) is 2. The molecule has 0 aromatic rings. The fourth-order valence-electron chi connectivity index (χ4n) is 2.29. The van der Waals surface area contributed by atoms with E-state index in [1.165, 1.54) is 0 Å². The number of carbonyl (C=O) groups excluding carboxylic acids is 1. The summed E-state index contributed by atoms with van der Waals surface area (Å²) in [5, 5.41) is 3.32. The lowest BCUT2D eigenvalue weighted by Gasteiger charge is -2.30. The third-order valence-corrected chi connectivity index (χ3v) is 3.31. The van der Waals surface area contributed by atoms with E-state index < -0.39 is 0 Å². The maximum absolute atomic E-state index is 12.5. The lowest BCUT2D eigenvalue weighted by atomic mass is 10.0. The van der Waals surface area contributed by atoms with Gasteiger partial charge in [0.05, 0.1) is 25.7 Å². The average Bonchev–Trinajstić information content (AvgIpc) is 2.77. The monoisotopic (exact) mass is 258 g/mol. The van der Waals surface area contributed by atoms with E-state index in [9.17, 15) is 4.79 Å². The maximum Gasteiger partial charge on any atom is 0.229 e. The first-order chi connectivity index (χ1) is 8.61. The summed E-state index contributed by atoms with van der Waals surface area (Å²) in [5.41, 5.74) is 0. The number of hydrogen-bond acceptors (Lipinski definition) is 4. The predicted molar refractivity (Wildman–Crippen MR) is 70.5 cm³/mol. The molecule has 18 heavy (non-hydrogen) atoms. The van der Waals surface area contributed by atoms with Crippen LogP contribution in [0.25, 0.3) is 0 Å². The molecule has 1 N–H and O–H groups in total. The van der Waals surface area contributed by atoms with E-state index in [4.69, 9.17) is 9.47 Å². The molecule has 1 aliphatic rings. The number of amides is 1. The number of carbonyl (C=O) groups is 1. The maximum atomic E-state index is 12.5. The van der Waals surface area contributed by atoms with E-state index >= 15 is 0 Å². The first-order valence-electron chi connectivity index (χ1n) is 6.72. The van der Waals surface area contributed by atoms with Crippen LogP contribution in [-0.4, -0.2) is 62.9 Å². The summed E-state index contributed by atoms with van der Waals surface area (Å²) in [6, 6.07) is 0.335. The largest absolute Gasteiger partial charge is 0.383 e. The first kappa shape index (κ1) is 15.4. The van der Waals surface area contributed by atoms with Gasteiger partial charge in [0, 0.05) is 25.7 Å². The Kier molecular flexibility index (Phi) is 6.60. The smallest absolute Gasteiger partial charge is 0.229 e. The third-order valence-electron chi connectivity index (χ3n) is 3.31. The molecule has 5 heteroatoms. The second-order valence-corrected chi connectivity index (χ2v) is 4.93. The molecule has 1 saturated heterocycles. The van der Waals surface area contributed by atoms with E-state index in [1.54, 1.807) is 7.11 Å². The van der Waals surface area contributed by atoms with Crippen molar-refractivity contribution >= 4 is 5.91 Å². The Balaban J connectivity index is 2.63. The minimum absolute atomic E-state index is 0.0655. The van der Waals surface area contributed by atoms with E-state index in [-0.39, 0.29) is 23.9 Å². The highest BCUT2D eigenvalue weighted by Gasteiger charge is 2.36. The molecule has 5 nitrogen and oxygen atoms in total. The zero-order valence-electron chi connectivity index (χ0n) is 11.9. The van der Waals surface area contributed by atoms with Crippen molar-refractivity contribution < 1.29 is 14.3 Å². The molecule has 1 amide bonds. The van der Waals surface area contributed by atoms with Crippen molar-refractivity contribution in [2.45, 2.75) is 32.9 Å². The van der Waals surface area contributed by atoms with Crippen LogP contribution < -0.4 is 5.32 Å². The van der Waals surface area contributed by atoms with E-state index in [2.05, 4.69) is 5.32 Å². The zero-order chi connectivity index (χ0) is 13.5. The van der Waals surface area contributed by atoms with Gasteiger partial charge in [-0.05, 0) is 20.4 Å². The molecule has 1 fully saturated rings. The van der Waals surface area contributed by atoms with Gasteiger partial charge < -0.3 is 19.7 Å². The molecule has 0 aliphatic carbocycles. The summed E-state index contributed by atoms with van der Waals surface area (Å²) in [6.07, 6.45) is 0. The summed E-state index contributed by atoms with van der Waals surface area (Å²) < 4.78 is 10.5. The van der Waals surface area contributed by atoms with Crippen molar-refractivity contribution in [1.29, 1.82) is 0 Å². The average molecular weight is 258 g/mol. The van der Waals surface area contributed by atoms with Crippen molar-refractivity contribution in [3.63, 3.8) is 0 Å². The van der Waals surface area contributed by atoms with Gasteiger partial charge in [-0.3, -0.25) is 4.79 Å². The van der Waals surface area contributed by atoms with Gasteiger partial charge in [0.15, 0.2) is 0 Å². The Morgan fingerprint density at radius 1 is 1.50 bits per heavy atom. The fourth-order valence-corrected chi connectivity index (χ4v) is 2.29. The molecule has 0 aromatic carbocycles. The summed E-state index contributed by atoms with van der Waals surface area (Å²) in [4.78, 5) is 14.4. The number of methoxy groups -OCH3 is 1. The molecule has 0 saturated carbocycles. The van der Waals surface area contributed by atoms with Gasteiger partial charge in [-0.25, -0.2) is 0 Å². The standard InChI is InChI=1S/C13H26N2O3/c1-5-14-12-9-18-8-11(12)13(16)15(10(2)3)6-7-17-4/h10-12,14H,5-9H2,1-4H3. The molecule has 0 radical (unpaired) electrons. The number of nitrogens with one attached hydrogen (secondary N) is 1. The first-order valence-corrected chi connectivity index (χ1v) is 6.72. The van der Waals surface area contributed by atoms with Crippen molar-refractivity contribution in [3.05, 3.63) is 0 Å². The Morgan fingerprint density at radius 2 is 2.22 bits per heavy atom. The highest BCUT2D eigenvalue weighted by molar-refractivity contribution is 5.80. The van der Waals surface area contributed by atoms with Crippen LogP contribution in [0, 0.1) is 5.92 Å². The zero-order valence-corrected chi connectivity index (χ0v) is 11.9. The van der Waals surface area contributed by atoms with E-state index in [0.717, 1.165) is 6.54 Å². The number of nitrogens with zero attached hydrogens (tertiary/aromatic N) is 1. The molecule has 0 spiro atoms. The highest BCUT2D eigenvalue weighted by atomic mass is 16.5. The molecule has 1 aliphatic heterocycles. The second kappa shape index (κ2) is 7.71. The molecular weight excluding hydrogens is 232 g/mol. The lowest BCUT2D eigenvalue weighted by Crippen LogP contribution is -2.49. The van der Waals surface area contributed by atoms with E-state index in [0.29, 0.717) is 26.4 Å². The number of rotatable bonds is 7. The predicted octanol–water partition coefficient (Wildman–Crippen LogP) is 0.494. The van der Waals surface area contributed by atoms with Crippen molar-refractivity contribution in [1.82, 2.24) is 10.2 Å². The fraction of sp³-hybridized carbons (Fsp3) is 0.923. The van der Waals surface area contributed by atoms with Gasteiger partial charge >= 0.3 is 0 Å². The van der Waals surface area contributed by atoms with Crippen LogP contribution >= 0.6 is 0 Å². The summed E-state index contributed by atoms with van der Waals surface area (Å²) in [6.45, 7) is 9.33. The second-order valence-electron chi connectivity index (χ2n) is 4.93. The third kappa shape index (κ3) is 3.93. The quantitative estimate of drug-likeness (QED) is 0.722. The van der Waals surface area contributed by atoms with Gasteiger partial charge in [-0.15, -0.1) is 0 Å². The topological polar surface area (TPSA) is 50.8 Å². The summed E-state index contributed by atoms with van der Waals surface area (Å²) in [7, 11) is 1.66. The SMILES string of the molecule is CCNC1COCC1C(=O)N(CCOC)C(C)C. The molecule has 0 aromatic heterocycles. The molecule has 1 rings (SSSR count). The molecular formula is C13H26N2O3. The van der Waals surface area contributed by atoms with Crippen LogP contribution in [0.1, 0.15) is 20.8 Å².